The van der Waals surface area contributed by atoms with Gasteiger partial charge in [-0.3, -0.25) is 0 Å². The minimum atomic E-state index is -4.09. The predicted octanol–water partition coefficient (Wildman–Crippen LogP) is 3.92. The third-order valence-corrected chi connectivity index (χ3v) is 12.1. The Labute approximate surface area is 277 Å². The number of fused-ring (bicyclic) bond motifs is 2. The lowest BCUT2D eigenvalue weighted by Gasteiger charge is -2.31. The van der Waals surface area contributed by atoms with Gasteiger partial charge in [0.2, 0.25) is 10.0 Å². The lowest BCUT2D eigenvalue weighted by atomic mass is 9.98. The summed E-state index contributed by atoms with van der Waals surface area (Å²) in [5.74, 6) is 0.389. The minimum absolute atomic E-state index is 0.0748. The standard InChI is InChI=1S/C35H48N2O9S/c1-23(38)25-12-13-32-26(17-25)20-43-15-9-4-2-3-8-14-37(47(32,41)42)19-31(39)30(16-24-10-6-5-7-11-24)36-35(40)46-33-27-18-28-29(33)22-45-34(28)44-21-27/h5-7,10-13,17,23,27-31,33-34,38-39H,2-4,8-9,14-16,18-22H2,1H3,(H,36,40)/t23-,27?,28?,29+,30-,31+,33-,34-/m0/s1. The lowest BCUT2D eigenvalue weighted by Crippen LogP contribution is -2.51. The van der Waals surface area contributed by atoms with Gasteiger partial charge in [0.15, 0.2) is 6.29 Å². The number of nitrogens with one attached hydrogen (secondary N) is 1. The average molecular weight is 673 g/mol. The van der Waals surface area contributed by atoms with Crippen molar-refractivity contribution in [1.82, 2.24) is 9.62 Å². The number of rotatable bonds is 8. The number of nitrogens with zero attached hydrogens (tertiary/aromatic N) is 1. The van der Waals surface area contributed by atoms with E-state index in [1.54, 1.807) is 19.1 Å². The van der Waals surface area contributed by atoms with Gasteiger partial charge in [-0.25, -0.2) is 13.2 Å². The molecule has 1 aliphatic carbocycles. The molecule has 2 bridgehead atoms. The number of ether oxygens (including phenoxy) is 4. The molecule has 2 aromatic carbocycles. The summed E-state index contributed by atoms with van der Waals surface area (Å²) in [6.45, 7) is 3.20. The predicted molar refractivity (Wildman–Crippen MR) is 173 cm³/mol. The minimum Gasteiger partial charge on any atom is -0.445 e. The number of hydrogen-bond acceptors (Lipinski definition) is 9. The Kier molecular flexibility index (Phi) is 11.2. The van der Waals surface area contributed by atoms with Gasteiger partial charge in [0.05, 0.1) is 43.0 Å². The molecule has 11 nitrogen and oxygen atoms in total. The summed E-state index contributed by atoms with van der Waals surface area (Å²) < 4.78 is 53.4. The highest BCUT2D eigenvalue weighted by Crippen LogP contribution is 2.49. The number of aliphatic hydroxyl groups excluding tert-OH is 2. The van der Waals surface area contributed by atoms with Crippen LogP contribution in [-0.2, 0) is 42.0 Å². The molecule has 3 aliphatic heterocycles. The van der Waals surface area contributed by atoms with Crippen LogP contribution in [0.1, 0.15) is 68.2 Å². The number of β-amino-alcohol motifs (C(OH)–C–C–N with tert-alkyl or cyclic N) is 1. The van der Waals surface area contributed by atoms with Crippen molar-refractivity contribution >= 4 is 16.1 Å². The molecule has 1 saturated carbocycles. The number of carbonyl (C=O) groups is 1. The van der Waals surface area contributed by atoms with Crippen LogP contribution in [0.25, 0.3) is 0 Å². The van der Waals surface area contributed by atoms with E-state index in [-0.39, 0.29) is 61.2 Å². The molecular weight excluding hydrogens is 624 g/mol. The molecule has 6 rings (SSSR count). The van der Waals surface area contributed by atoms with Gasteiger partial charge in [-0.1, -0.05) is 55.7 Å². The van der Waals surface area contributed by atoms with Crippen molar-refractivity contribution in [2.45, 2.75) is 94.0 Å². The molecule has 0 radical (unpaired) electrons. The molecule has 3 heterocycles. The summed E-state index contributed by atoms with van der Waals surface area (Å²) in [5.41, 5.74) is 1.95. The Morgan fingerprint density at radius 1 is 1.02 bits per heavy atom. The van der Waals surface area contributed by atoms with Crippen LogP contribution >= 0.6 is 0 Å². The number of alkyl carbamates (subject to hydrolysis) is 1. The normalized spacial score (nSPS) is 29.7. The second kappa shape index (κ2) is 15.3. The van der Waals surface area contributed by atoms with Crippen LogP contribution in [-0.4, -0.2) is 86.5 Å². The second-order valence-corrected chi connectivity index (χ2v) is 15.4. The summed E-state index contributed by atoms with van der Waals surface area (Å²) >= 11 is 0. The zero-order valence-electron chi connectivity index (χ0n) is 27.0. The molecule has 3 N–H and O–H groups in total. The summed E-state index contributed by atoms with van der Waals surface area (Å²) in [4.78, 5) is 13.5. The quantitative estimate of drug-likeness (QED) is 0.380. The van der Waals surface area contributed by atoms with Crippen LogP contribution < -0.4 is 5.32 Å². The molecule has 8 atom stereocenters. The van der Waals surface area contributed by atoms with Gasteiger partial charge in [0, 0.05) is 37.5 Å². The highest BCUT2D eigenvalue weighted by atomic mass is 32.2. The van der Waals surface area contributed by atoms with Gasteiger partial charge in [-0.05, 0) is 61.4 Å². The molecule has 258 valence electrons. The number of amides is 1. The first-order valence-electron chi connectivity index (χ1n) is 17.0. The number of aliphatic hydroxyl groups is 2. The fourth-order valence-corrected chi connectivity index (χ4v) is 9.21. The van der Waals surface area contributed by atoms with Crippen LogP contribution in [0.4, 0.5) is 4.79 Å². The molecule has 0 aromatic heterocycles. The third kappa shape index (κ3) is 8.01. The maximum Gasteiger partial charge on any atom is 0.407 e. The molecule has 12 heteroatoms. The Bertz CT molecular complexity index is 1460. The molecule has 3 fully saturated rings. The van der Waals surface area contributed by atoms with Crippen molar-refractivity contribution in [2.24, 2.45) is 17.8 Å². The van der Waals surface area contributed by atoms with Crippen molar-refractivity contribution in [3.8, 4) is 0 Å². The molecule has 4 aliphatic rings. The molecule has 2 aromatic rings. The summed E-state index contributed by atoms with van der Waals surface area (Å²) in [7, 11) is -4.09. The fraction of sp³-hybridized carbons (Fsp3) is 0.629. The van der Waals surface area contributed by atoms with E-state index >= 15 is 0 Å². The topological polar surface area (TPSA) is 144 Å². The summed E-state index contributed by atoms with van der Waals surface area (Å²) in [5, 5.41) is 24.8. The number of benzene rings is 2. The Morgan fingerprint density at radius 2 is 1.79 bits per heavy atom. The van der Waals surface area contributed by atoms with E-state index in [2.05, 4.69) is 5.32 Å². The van der Waals surface area contributed by atoms with Crippen LogP contribution in [0, 0.1) is 17.8 Å². The third-order valence-electron chi connectivity index (χ3n) is 10.1. The first kappa shape index (κ1) is 34.3. The van der Waals surface area contributed by atoms with E-state index in [1.165, 1.54) is 10.4 Å². The SMILES string of the molecule is C[C@H](O)c1ccc2c(c1)COCCCCCCCN(C[C@@H](O)[C@H](Cc1ccccc1)NC(=O)O[C@H]1C3CO[C@H]4OC[C@@H]1C4C3)S2(=O)=O. The van der Waals surface area contributed by atoms with Gasteiger partial charge in [0.25, 0.3) is 0 Å². The maximum absolute atomic E-state index is 14.3. The van der Waals surface area contributed by atoms with E-state index in [0.717, 1.165) is 37.7 Å². The number of carbonyl (C=O) groups excluding carboxylic acids is 1. The first-order valence-corrected chi connectivity index (χ1v) is 18.5. The smallest absolute Gasteiger partial charge is 0.407 e. The van der Waals surface area contributed by atoms with Gasteiger partial charge in [0.1, 0.15) is 6.10 Å². The van der Waals surface area contributed by atoms with Gasteiger partial charge < -0.3 is 34.5 Å². The number of sulfonamides is 1. The van der Waals surface area contributed by atoms with Crippen LogP contribution in [0.5, 0.6) is 0 Å². The molecule has 2 unspecified atom stereocenters. The van der Waals surface area contributed by atoms with Crippen molar-refractivity contribution < 1.29 is 42.4 Å². The largest absolute Gasteiger partial charge is 0.445 e. The first-order chi connectivity index (χ1) is 22.7. The molecule has 1 amide bonds. The van der Waals surface area contributed by atoms with E-state index in [0.29, 0.717) is 37.4 Å². The lowest BCUT2D eigenvalue weighted by molar-refractivity contribution is -0.169. The van der Waals surface area contributed by atoms with Gasteiger partial charge in [-0.2, -0.15) is 4.31 Å². The highest BCUT2D eigenvalue weighted by molar-refractivity contribution is 7.89. The van der Waals surface area contributed by atoms with E-state index < -0.39 is 34.4 Å². The second-order valence-electron chi connectivity index (χ2n) is 13.5. The van der Waals surface area contributed by atoms with Crippen molar-refractivity contribution in [1.29, 1.82) is 0 Å². The Morgan fingerprint density at radius 3 is 2.60 bits per heavy atom. The Hall–Kier alpha value is -2.58. The van der Waals surface area contributed by atoms with Crippen molar-refractivity contribution in [3.05, 3.63) is 65.2 Å². The molecule has 2 saturated heterocycles. The Balaban J connectivity index is 1.23. The molecule has 47 heavy (non-hydrogen) atoms. The highest BCUT2D eigenvalue weighted by Gasteiger charge is 2.56. The monoisotopic (exact) mass is 672 g/mol. The van der Waals surface area contributed by atoms with Crippen LogP contribution in [0.3, 0.4) is 0 Å². The average Bonchev–Trinajstić information content (AvgIpc) is 3.59. The van der Waals surface area contributed by atoms with E-state index in [9.17, 15) is 23.4 Å². The summed E-state index contributed by atoms with van der Waals surface area (Å²) in [6, 6.07) is 13.5. The maximum atomic E-state index is 14.3. The van der Waals surface area contributed by atoms with E-state index in [4.69, 9.17) is 18.9 Å². The number of hydrogen-bond donors (Lipinski definition) is 3. The fourth-order valence-electron chi connectivity index (χ4n) is 7.52. The van der Waals surface area contributed by atoms with Crippen molar-refractivity contribution in [3.63, 3.8) is 0 Å². The zero-order chi connectivity index (χ0) is 33.0. The van der Waals surface area contributed by atoms with Crippen molar-refractivity contribution in [2.75, 3.05) is 32.9 Å². The van der Waals surface area contributed by atoms with Crippen LogP contribution in [0.15, 0.2) is 53.4 Å². The van der Waals surface area contributed by atoms with Crippen LogP contribution in [0.2, 0.25) is 0 Å². The summed E-state index contributed by atoms with van der Waals surface area (Å²) in [6.07, 6.45) is 2.21. The molecular formula is C35H48N2O9S. The van der Waals surface area contributed by atoms with Gasteiger partial charge in [-0.15, -0.1) is 0 Å². The molecule has 0 spiro atoms. The van der Waals surface area contributed by atoms with E-state index in [1.807, 2.05) is 30.3 Å². The zero-order valence-corrected chi connectivity index (χ0v) is 27.9. The van der Waals surface area contributed by atoms with Gasteiger partial charge >= 0.3 is 6.09 Å².